The minimum absolute atomic E-state index is 0.0540. The van der Waals surface area contributed by atoms with E-state index < -0.39 is 11.7 Å². The maximum atomic E-state index is 11.0. The minimum Gasteiger partial charge on any atom is -0.504 e. The number of para-hydroxylation sites is 1. The van der Waals surface area contributed by atoms with Gasteiger partial charge in [-0.25, -0.2) is 9.78 Å². The molecule has 0 saturated heterocycles. The molecule has 0 fully saturated rings. The average Bonchev–Trinajstić information content (AvgIpc) is 2.50. The van der Waals surface area contributed by atoms with Crippen molar-refractivity contribution >= 4 is 52.7 Å². The van der Waals surface area contributed by atoms with Crippen LogP contribution in [0.3, 0.4) is 0 Å². The van der Waals surface area contributed by atoms with E-state index in [9.17, 15) is 15.0 Å². The van der Waals surface area contributed by atoms with E-state index in [4.69, 9.17) is 39.9 Å². The van der Waals surface area contributed by atoms with E-state index in [0.29, 0.717) is 0 Å². The fraction of sp³-hybridized carbons (Fsp3) is 0. The van der Waals surface area contributed by atoms with Crippen LogP contribution in [0.4, 0.5) is 5.69 Å². The lowest BCUT2D eigenvalue weighted by Gasteiger charge is -2.09. The molecule has 23 heavy (non-hydrogen) atoms. The summed E-state index contributed by atoms with van der Waals surface area (Å²) in [5.74, 6) is -2.06. The van der Waals surface area contributed by atoms with Crippen LogP contribution in [0.1, 0.15) is 16.1 Å². The molecular weight excluding hydrogens is 369 g/mol. The van der Waals surface area contributed by atoms with Crippen molar-refractivity contribution in [1.82, 2.24) is 4.98 Å². The highest BCUT2D eigenvalue weighted by molar-refractivity contribution is 6.46. The first-order valence-electron chi connectivity index (χ1n) is 5.90. The Morgan fingerprint density at radius 3 is 2.57 bits per heavy atom. The summed E-state index contributed by atoms with van der Waals surface area (Å²) in [6.07, 6.45) is 1.18. The Balaban J connectivity index is 2.35. The van der Waals surface area contributed by atoms with Crippen molar-refractivity contribution in [3.63, 3.8) is 0 Å². The van der Waals surface area contributed by atoms with Crippen molar-refractivity contribution in [3.8, 4) is 11.5 Å². The molecule has 0 aliphatic rings. The summed E-state index contributed by atoms with van der Waals surface area (Å²) >= 11 is 17.6. The number of hydrogen-bond acceptors (Lipinski definition) is 6. The Labute approximate surface area is 144 Å². The van der Waals surface area contributed by atoms with E-state index in [2.05, 4.69) is 15.5 Å². The first kappa shape index (κ1) is 17.1. The molecule has 1 aromatic carbocycles. The van der Waals surface area contributed by atoms with Gasteiger partial charge >= 0.3 is 5.97 Å². The van der Waals surface area contributed by atoms with Gasteiger partial charge in [0.25, 0.3) is 0 Å². The fourth-order valence-corrected chi connectivity index (χ4v) is 2.24. The van der Waals surface area contributed by atoms with E-state index in [1.165, 1.54) is 24.4 Å². The molecule has 0 radical (unpaired) electrons. The van der Waals surface area contributed by atoms with Crippen LogP contribution in [0, 0.1) is 0 Å². The topological polar surface area (TPSA) is 115 Å². The van der Waals surface area contributed by atoms with Gasteiger partial charge in [-0.3, -0.25) is 5.43 Å². The molecule has 7 nitrogen and oxygen atoms in total. The van der Waals surface area contributed by atoms with E-state index in [-0.39, 0.29) is 37.9 Å². The van der Waals surface area contributed by atoms with Crippen LogP contribution in [0.15, 0.2) is 23.3 Å². The number of halogens is 3. The van der Waals surface area contributed by atoms with Gasteiger partial charge in [-0.2, -0.15) is 5.10 Å². The lowest BCUT2D eigenvalue weighted by Crippen LogP contribution is -2.05. The second kappa shape index (κ2) is 6.91. The number of aromatic hydroxyl groups is 2. The molecule has 0 bridgehead atoms. The lowest BCUT2D eigenvalue weighted by molar-refractivity contribution is 0.0691. The van der Waals surface area contributed by atoms with Crippen molar-refractivity contribution in [2.75, 3.05) is 5.43 Å². The normalized spacial score (nSPS) is 10.9. The quantitative estimate of drug-likeness (QED) is 0.280. The zero-order valence-electron chi connectivity index (χ0n) is 11.1. The number of benzene rings is 1. The second-order valence-electron chi connectivity index (χ2n) is 4.14. The molecule has 1 heterocycles. The van der Waals surface area contributed by atoms with Gasteiger partial charge in [-0.15, -0.1) is 0 Å². The number of phenolic OH excluding ortho intramolecular Hbond substituents is 2. The summed E-state index contributed by atoms with van der Waals surface area (Å²) in [5, 5.41) is 31.1. The average molecular weight is 377 g/mol. The van der Waals surface area contributed by atoms with Crippen molar-refractivity contribution in [2.24, 2.45) is 5.10 Å². The summed E-state index contributed by atoms with van der Waals surface area (Å²) in [7, 11) is 0. The zero-order chi connectivity index (χ0) is 17.1. The number of pyridine rings is 1. The molecular formula is C13H8Cl3N3O4. The van der Waals surface area contributed by atoms with E-state index >= 15 is 0 Å². The second-order valence-corrected chi connectivity index (χ2v) is 5.26. The highest BCUT2D eigenvalue weighted by Gasteiger charge is 2.20. The van der Waals surface area contributed by atoms with E-state index in [1.54, 1.807) is 0 Å². The monoisotopic (exact) mass is 375 g/mol. The number of carboxylic acids is 1. The molecule has 0 aliphatic carbocycles. The number of aromatic carboxylic acids is 1. The molecule has 1 aromatic heterocycles. The van der Waals surface area contributed by atoms with Crippen molar-refractivity contribution in [1.29, 1.82) is 0 Å². The minimum atomic E-state index is -1.38. The third-order valence-corrected chi connectivity index (χ3v) is 3.77. The molecule has 0 aliphatic heterocycles. The van der Waals surface area contributed by atoms with Gasteiger partial charge in [-0.05, 0) is 12.1 Å². The molecule has 2 aromatic rings. The number of rotatable bonds is 4. The Kier molecular flexibility index (Phi) is 5.15. The molecule has 0 unspecified atom stereocenters. The highest BCUT2D eigenvalue weighted by Crippen LogP contribution is 2.37. The predicted octanol–water partition coefficient (Wildman–Crippen LogP) is 3.60. The van der Waals surface area contributed by atoms with E-state index in [1.807, 2.05) is 0 Å². The van der Waals surface area contributed by atoms with Gasteiger partial charge < -0.3 is 15.3 Å². The Morgan fingerprint density at radius 2 is 1.91 bits per heavy atom. The van der Waals surface area contributed by atoms with Gasteiger partial charge in [0.1, 0.15) is 10.0 Å². The van der Waals surface area contributed by atoms with Gasteiger partial charge in [0.15, 0.2) is 22.3 Å². The number of phenols is 2. The summed E-state index contributed by atoms with van der Waals surface area (Å²) in [6.45, 7) is 0. The third-order valence-electron chi connectivity index (χ3n) is 2.67. The van der Waals surface area contributed by atoms with Gasteiger partial charge in [0.2, 0.25) is 0 Å². The number of hydrazone groups is 1. The largest absolute Gasteiger partial charge is 0.504 e. The number of aromatic nitrogens is 1. The molecule has 0 atom stereocenters. The summed E-state index contributed by atoms with van der Waals surface area (Å²) in [6, 6.07) is 4.30. The lowest BCUT2D eigenvalue weighted by atomic mass is 10.2. The summed E-state index contributed by atoms with van der Waals surface area (Å²) < 4.78 is 0. The number of nitrogens with zero attached hydrogens (tertiary/aromatic N) is 2. The van der Waals surface area contributed by atoms with Crippen LogP contribution >= 0.6 is 34.8 Å². The number of nitrogens with one attached hydrogen (secondary N) is 1. The van der Waals surface area contributed by atoms with E-state index in [0.717, 1.165) is 0 Å². The van der Waals surface area contributed by atoms with Crippen molar-refractivity contribution < 1.29 is 20.1 Å². The highest BCUT2D eigenvalue weighted by atomic mass is 35.5. The number of hydrogen-bond donors (Lipinski definition) is 4. The summed E-state index contributed by atoms with van der Waals surface area (Å²) in [4.78, 5) is 14.6. The maximum absolute atomic E-state index is 11.0. The van der Waals surface area contributed by atoms with Crippen LogP contribution in [-0.2, 0) is 0 Å². The van der Waals surface area contributed by atoms with Crippen molar-refractivity contribution in [3.05, 3.63) is 44.7 Å². The Morgan fingerprint density at radius 1 is 1.22 bits per heavy atom. The molecule has 4 N–H and O–H groups in total. The zero-order valence-corrected chi connectivity index (χ0v) is 13.4. The number of carbonyl (C=O) groups is 1. The smallest absolute Gasteiger partial charge is 0.356 e. The van der Waals surface area contributed by atoms with Crippen molar-refractivity contribution in [2.45, 2.75) is 0 Å². The van der Waals surface area contributed by atoms with Gasteiger partial charge in [0, 0.05) is 5.56 Å². The number of carboxylic acid groups (broad SMARTS) is 1. The third kappa shape index (κ3) is 3.58. The van der Waals surface area contributed by atoms with Crippen LogP contribution in [0.5, 0.6) is 11.5 Å². The molecule has 10 heteroatoms. The number of anilines is 1. The van der Waals surface area contributed by atoms with Crippen LogP contribution in [-0.4, -0.2) is 32.5 Å². The maximum Gasteiger partial charge on any atom is 0.356 e. The predicted molar refractivity (Wildman–Crippen MR) is 87.2 cm³/mol. The SMILES string of the molecule is O=C(O)c1nc(Cl)c(Cl)c(NN=Cc2cccc(O)c2O)c1Cl. The van der Waals surface area contributed by atoms with Gasteiger partial charge in [-0.1, -0.05) is 40.9 Å². The molecule has 0 saturated carbocycles. The summed E-state index contributed by atoms with van der Waals surface area (Å²) in [5.41, 5.74) is 2.11. The molecule has 2 rings (SSSR count). The molecule has 120 valence electrons. The molecule has 0 spiro atoms. The Bertz CT molecular complexity index is 812. The first-order chi connectivity index (χ1) is 10.8. The van der Waals surface area contributed by atoms with Crippen LogP contribution < -0.4 is 5.43 Å². The standard InChI is InChI=1S/C13H8Cl3N3O4/c14-7-9(8(15)12(16)18-10(7)13(22)23)19-17-4-5-2-1-3-6(20)11(5)21/h1-4,20-21H,(H,18,19)(H,22,23). The molecule has 0 amide bonds. The Hall–Kier alpha value is -2.22. The fourth-order valence-electron chi connectivity index (χ4n) is 1.57. The van der Waals surface area contributed by atoms with Crippen LogP contribution in [0.2, 0.25) is 15.2 Å². The van der Waals surface area contributed by atoms with Crippen LogP contribution in [0.25, 0.3) is 0 Å². The first-order valence-corrected chi connectivity index (χ1v) is 7.04. The van der Waals surface area contributed by atoms with Gasteiger partial charge in [0.05, 0.1) is 11.9 Å².